The van der Waals surface area contributed by atoms with Crippen LogP contribution in [0.3, 0.4) is 0 Å². The van der Waals surface area contributed by atoms with E-state index >= 15 is 0 Å². The largest absolute Gasteiger partial charge is 0.479 e. The minimum atomic E-state index is -1.05. The van der Waals surface area contributed by atoms with Crippen LogP contribution < -0.4 is 0 Å². The molecule has 1 atom stereocenters. The molecule has 1 aliphatic heterocycles. The molecule has 2 amide bonds. The van der Waals surface area contributed by atoms with Crippen LogP contribution in [0.25, 0.3) is 0 Å². The zero-order valence-corrected chi connectivity index (χ0v) is 13.4. The van der Waals surface area contributed by atoms with Gasteiger partial charge in [-0.2, -0.15) is 0 Å². The standard InChI is InChI=1S/C14H21N3O3S/c1-4-14(12(18)19)6-5-7-17(14)13(20)16(3)8-11-9-21-10(2)15-11/h9H,4-8H2,1-3H3,(H,18,19). The van der Waals surface area contributed by atoms with Crippen LogP contribution in [-0.4, -0.2) is 51.0 Å². The fourth-order valence-electron chi connectivity index (χ4n) is 2.90. The number of hydrogen-bond acceptors (Lipinski definition) is 4. The molecule has 1 fully saturated rings. The van der Waals surface area contributed by atoms with Gasteiger partial charge in [0.25, 0.3) is 0 Å². The molecule has 0 radical (unpaired) electrons. The first-order valence-electron chi connectivity index (χ1n) is 7.08. The number of urea groups is 1. The summed E-state index contributed by atoms with van der Waals surface area (Å²) in [6, 6.07) is -0.234. The highest BCUT2D eigenvalue weighted by atomic mass is 32.1. The molecule has 0 aliphatic carbocycles. The summed E-state index contributed by atoms with van der Waals surface area (Å²) in [6.45, 7) is 4.64. The van der Waals surface area contributed by atoms with Crippen LogP contribution in [0.5, 0.6) is 0 Å². The van der Waals surface area contributed by atoms with Crippen molar-refractivity contribution in [2.45, 2.75) is 45.2 Å². The highest BCUT2D eigenvalue weighted by molar-refractivity contribution is 7.09. The zero-order chi connectivity index (χ0) is 15.6. The molecule has 1 saturated heterocycles. The molecule has 1 unspecified atom stereocenters. The number of carboxylic acid groups (broad SMARTS) is 1. The van der Waals surface area contributed by atoms with Gasteiger partial charge in [0.1, 0.15) is 5.54 Å². The van der Waals surface area contributed by atoms with Crippen LogP contribution in [0.15, 0.2) is 5.38 Å². The lowest BCUT2D eigenvalue weighted by Gasteiger charge is -2.36. The number of carbonyl (C=O) groups excluding carboxylic acids is 1. The smallest absolute Gasteiger partial charge is 0.329 e. The van der Waals surface area contributed by atoms with Gasteiger partial charge in [-0.15, -0.1) is 11.3 Å². The van der Waals surface area contributed by atoms with Crippen molar-refractivity contribution < 1.29 is 14.7 Å². The molecule has 1 aromatic rings. The molecular weight excluding hydrogens is 290 g/mol. The van der Waals surface area contributed by atoms with Gasteiger partial charge in [-0.3, -0.25) is 0 Å². The van der Waals surface area contributed by atoms with Crippen LogP contribution in [-0.2, 0) is 11.3 Å². The molecule has 1 aromatic heterocycles. The van der Waals surface area contributed by atoms with Gasteiger partial charge in [0.2, 0.25) is 0 Å². The van der Waals surface area contributed by atoms with Gasteiger partial charge in [-0.05, 0) is 26.2 Å². The third-order valence-electron chi connectivity index (χ3n) is 4.09. The average Bonchev–Trinajstić information content (AvgIpc) is 3.04. The highest BCUT2D eigenvalue weighted by Gasteiger charge is 2.49. The molecule has 6 nitrogen and oxygen atoms in total. The Morgan fingerprint density at radius 2 is 2.29 bits per heavy atom. The molecule has 2 rings (SSSR count). The van der Waals surface area contributed by atoms with Gasteiger partial charge in [0.15, 0.2) is 0 Å². The maximum absolute atomic E-state index is 12.6. The summed E-state index contributed by atoms with van der Waals surface area (Å²) in [5.74, 6) is -0.909. The minimum absolute atomic E-state index is 0.234. The Morgan fingerprint density at radius 1 is 1.57 bits per heavy atom. The van der Waals surface area contributed by atoms with Crippen molar-refractivity contribution in [2.24, 2.45) is 0 Å². The molecule has 1 aliphatic rings. The number of carboxylic acids is 1. The van der Waals surface area contributed by atoms with Gasteiger partial charge >= 0.3 is 12.0 Å². The third kappa shape index (κ3) is 2.88. The number of rotatable bonds is 4. The fraction of sp³-hybridized carbons (Fsp3) is 0.643. The van der Waals surface area contributed by atoms with E-state index in [1.165, 1.54) is 4.90 Å². The lowest BCUT2D eigenvalue weighted by Crippen LogP contribution is -2.55. The Morgan fingerprint density at radius 3 is 2.81 bits per heavy atom. The fourth-order valence-corrected chi connectivity index (χ4v) is 3.50. The number of hydrogen-bond donors (Lipinski definition) is 1. The van der Waals surface area contributed by atoms with Crippen molar-refractivity contribution >= 4 is 23.3 Å². The first kappa shape index (κ1) is 15.8. The number of likely N-dealkylation sites (tertiary alicyclic amines) is 1. The second kappa shape index (κ2) is 6.01. The number of nitrogens with zero attached hydrogens (tertiary/aromatic N) is 3. The molecule has 21 heavy (non-hydrogen) atoms. The van der Waals surface area contributed by atoms with Crippen molar-refractivity contribution in [3.8, 4) is 0 Å². The normalized spacial score (nSPS) is 21.6. The third-order valence-corrected chi connectivity index (χ3v) is 4.92. The van der Waals surface area contributed by atoms with E-state index in [1.54, 1.807) is 23.3 Å². The van der Waals surface area contributed by atoms with E-state index in [-0.39, 0.29) is 6.03 Å². The van der Waals surface area contributed by atoms with Crippen LogP contribution in [0, 0.1) is 6.92 Å². The molecule has 0 bridgehead atoms. The quantitative estimate of drug-likeness (QED) is 0.926. The molecule has 116 valence electrons. The maximum atomic E-state index is 12.6. The van der Waals surface area contributed by atoms with E-state index in [2.05, 4.69) is 4.98 Å². The number of carbonyl (C=O) groups is 2. The van der Waals surface area contributed by atoms with Crippen molar-refractivity contribution in [3.63, 3.8) is 0 Å². The van der Waals surface area contributed by atoms with Gasteiger partial charge in [-0.1, -0.05) is 6.92 Å². The summed E-state index contributed by atoms with van der Waals surface area (Å²) in [6.07, 6.45) is 1.68. The number of aryl methyl sites for hydroxylation is 1. The molecule has 0 aromatic carbocycles. The van der Waals surface area contributed by atoms with E-state index < -0.39 is 11.5 Å². The number of aromatic nitrogens is 1. The van der Waals surface area contributed by atoms with Crippen LogP contribution in [0.2, 0.25) is 0 Å². The summed E-state index contributed by atoms with van der Waals surface area (Å²) >= 11 is 1.54. The Bertz CT molecular complexity index is 545. The minimum Gasteiger partial charge on any atom is -0.479 e. The monoisotopic (exact) mass is 311 g/mol. The first-order chi connectivity index (χ1) is 9.90. The molecule has 1 N–H and O–H groups in total. The van der Waals surface area contributed by atoms with Crippen molar-refractivity contribution in [3.05, 3.63) is 16.1 Å². The lowest BCUT2D eigenvalue weighted by molar-refractivity contribution is -0.148. The maximum Gasteiger partial charge on any atom is 0.329 e. The van der Waals surface area contributed by atoms with Crippen LogP contribution in [0.1, 0.15) is 36.9 Å². The summed E-state index contributed by atoms with van der Waals surface area (Å²) in [7, 11) is 1.69. The van der Waals surface area contributed by atoms with Crippen LogP contribution >= 0.6 is 11.3 Å². The van der Waals surface area contributed by atoms with Crippen molar-refractivity contribution in [2.75, 3.05) is 13.6 Å². The van der Waals surface area contributed by atoms with E-state index in [0.29, 0.717) is 25.9 Å². The van der Waals surface area contributed by atoms with E-state index in [9.17, 15) is 14.7 Å². The molecule has 0 saturated carbocycles. The second-order valence-corrected chi connectivity index (χ2v) is 6.50. The second-order valence-electron chi connectivity index (χ2n) is 5.44. The van der Waals surface area contributed by atoms with E-state index in [1.807, 2.05) is 19.2 Å². The SMILES string of the molecule is CCC1(C(=O)O)CCCN1C(=O)N(C)Cc1csc(C)n1. The topological polar surface area (TPSA) is 73.7 Å². The molecule has 0 spiro atoms. The van der Waals surface area contributed by atoms with Gasteiger partial charge in [-0.25, -0.2) is 14.6 Å². The van der Waals surface area contributed by atoms with Gasteiger partial charge in [0, 0.05) is 19.0 Å². The number of amides is 2. The predicted molar refractivity (Wildman–Crippen MR) is 80.3 cm³/mol. The van der Waals surface area contributed by atoms with Gasteiger partial charge < -0.3 is 14.9 Å². The first-order valence-corrected chi connectivity index (χ1v) is 7.96. The summed E-state index contributed by atoms with van der Waals surface area (Å²) in [5, 5.41) is 12.4. The van der Waals surface area contributed by atoms with Crippen molar-refractivity contribution in [1.29, 1.82) is 0 Å². The summed E-state index contributed by atoms with van der Waals surface area (Å²) in [5.41, 5.74) is -0.214. The molecule has 7 heteroatoms. The Hall–Kier alpha value is -1.63. The summed E-state index contributed by atoms with van der Waals surface area (Å²) < 4.78 is 0. The number of aliphatic carboxylic acids is 1. The summed E-state index contributed by atoms with van der Waals surface area (Å²) in [4.78, 5) is 31.6. The molecule has 2 heterocycles. The van der Waals surface area contributed by atoms with E-state index in [0.717, 1.165) is 17.1 Å². The Labute approximate surface area is 128 Å². The van der Waals surface area contributed by atoms with Gasteiger partial charge in [0.05, 0.1) is 17.2 Å². The molecular formula is C14H21N3O3S. The highest BCUT2D eigenvalue weighted by Crippen LogP contribution is 2.33. The Balaban J connectivity index is 2.12. The predicted octanol–water partition coefficient (Wildman–Crippen LogP) is 2.33. The average molecular weight is 311 g/mol. The van der Waals surface area contributed by atoms with E-state index in [4.69, 9.17) is 0 Å². The van der Waals surface area contributed by atoms with Crippen molar-refractivity contribution in [1.82, 2.24) is 14.8 Å². The Kier molecular flexibility index (Phi) is 4.51. The zero-order valence-electron chi connectivity index (χ0n) is 12.6. The lowest BCUT2D eigenvalue weighted by atomic mass is 9.93. The number of thiazole rings is 1. The van der Waals surface area contributed by atoms with Crippen LogP contribution in [0.4, 0.5) is 4.79 Å².